The lowest BCUT2D eigenvalue weighted by Gasteiger charge is -2.11. The largest absolute Gasteiger partial charge is 0.373 e. The van der Waals surface area contributed by atoms with Crippen molar-refractivity contribution >= 4 is 29.0 Å². The van der Waals surface area contributed by atoms with Gasteiger partial charge in [-0.25, -0.2) is 9.97 Å². The Hall–Kier alpha value is -2.14. The van der Waals surface area contributed by atoms with Gasteiger partial charge in [-0.05, 0) is 29.3 Å². The average molecular weight is 275 g/mol. The van der Waals surface area contributed by atoms with E-state index in [1.165, 1.54) is 6.20 Å². The van der Waals surface area contributed by atoms with Crippen molar-refractivity contribution in [2.24, 2.45) is 0 Å². The van der Waals surface area contributed by atoms with Gasteiger partial charge in [-0.15, -0.1) is 0 Å². The van der Waals surface area contributed by atoms with Crippen LogP contribution in [0.3, 0.4) is 0 Å². The van der Waals surface area contributed by atoms with Crippen LogP contribution >= 0.6 is 11.6 Å². The van der Waals surface area contributed by atoms with E-state index in [0.29, 0.717) is 12.2 Å². The van der Waals surface area contributed by atoms with Crippen LogP contribution in [0.4, 0.5) is 11.5 Å². The second kappa shape index (κ2) is 4.85. The van der Waals surface area contributed by atoms with Gasteiger partial charge in [0.25, 0.3) is 0 Å². The Morgan fingerprint density at radius 1 is 1.37 bits per heavy atom. The van der Waals surface area contributed by atoms with E-state index in [0.717, 1.165) is 11.3 Å². The van der Waals surface area contributed by atoms with E-state index >= 15 is 0 Å². The predicted octanol–water partition coefficient (Wildman–Crippen LogP) is 2.11. The molecule has 5 nitrogen and oxygen atoms in total. The highest BCUT2D eigenvalue weighted by atomic mass is 35.5. The van der Waals surface area contributed by atoms with Crippen molar-refractivity contribution in [1.82, 2.24) is 9.97 Å². The van der Waals surface area contributed by atoms with E-state index in [1.807, 2.05) is 24.3 Å². The Kier molecular flexibility index (Phi) is 3.05. The molecule has 0 saturated heterocycles. The first kappa shape index (κ1) is 11.9. The van der Waals surface area contributed by atoms with Gasteiger partial charge >= 0.3 is 0 Å². The van der Waals surface area contributed by atoms with Gasteiger partial charge in [0.1, 0.15) is 11.9 Å². The highest BCUT2D eigenvalue weighted by Gasteiger charge is 2.26. The molecule has 2 aromatic rings. The average Bonchev–Trinajstić information content (AvgIpc) is 2.82. The number of benzene rings is 1. The lowest BCUT2D eigenvalue weighted by atomic mass is 10.1. The SMILES string of the molecule is O=C(Nc1ccnc(Cl)n1)C1Cc2ccccc2N1. The zero-order valence-electron chi connectivity index (χ0n) is 9.93. The fraction of sp³-hybridized carbons (Fsp3) is 0.154. The molecule has 1 unspecified atom stereocenters. The summed E-state index contributed by atoms with van der Waals surface area (Å²) in [6.45, 7) is 0. The summed E-state index contributed by atoms with van der Waals surface area (Å²) in [6, 6.07) is 9.19. The number of anilines is 2. The lowest BCUT2D eigenvalue weighted by molar-refractivity contribution is -0.116. The minimum atomic E-state index is -0.286. The molecular formula is C13H11ClN4O. The number of carbonyl (C=O) groups excluding carboxylic acids is 1. The number of hydrogen-bond donors (Lipinski definition) is 2. The molecule has 0 saturated carbocycles. The molecule has 0 radical (unpaired) electrons. The molecule has 1 aliphatic rings. The summed E-state index contributed by atoms with van der Waals surface area (Å²) in [5, 5.41) is 6.01. The second-order valence-corrected chi connectivity index (χ2v) is 4.60. The van der Waals surface area contributed by atoms with Crippen LogP contribution in [0, 0.1) is 0 Å². The van der Waals surface area contributed by atoms with E-state index in [1.54, 1.807) is 6.07 Å². The third-order valence-electron chi connectivity index (χ3n) is 2.97. The maximum absolute atomic E-state index is 12.1. The van der Waals surface area contributed by atoms with Gasteiger partial charge < -0.3 is 10.6 Å². The van der Waals surface area contributed by atoms with Crippen molar-refractivity contribution < 1.29 is 4.79 Å². The molecule has 19 heavy (non-hydrogen) atoms. The maximum atomic E-state index is 12.1. The van der Waals surface area contributed by atoms with Crippen molar-refractivity contribution in [2.75, 3.05) is 10.6 Å². The topological polar surface area (TPSA) is 66.9 Å². The Morgan fingerprint density at radius 3 is 3.00 bits per heavy atom. The zero-order valence-corrected chi connectivity index (χ0v) is 10.7. The van der Waals surface area contributed by atoms with Crippen molar-refractivity contribution in [2.45, 2.75) is 12.5 Å². The summed E-state index contributed by atoms with van der Waals surface area (Å²) in [5.74, 6) is 0.272. The Morgan fingerprint density at radius 2 is 2.21 bits per heavy atom. The first-order valence-electron chi connectivity index (χ1n) is 5.86. The van der Waals surface area contributed by atoms with Gasteiger partial charge in [0.15, 0.2) is 0 Å². The highest BCUT2D eigenvalue weighted by molar-refractivity contribution is 6.28. The summed E-state index contributed by atoms with van der Waals surface area (Å²) < 4.78 is 0. The zero-order chi connectivity index (χ0) is 13.2. The number of aromatic nitrogens is 2. The summed E-state index contributed by atoms with van der Waals surface area (Å²) >= 11 is 5.67. The smallest absolute Gasteiger partial charge is 0.248 e. The van der Waals surface area contributed by atoms with Crippen molar-refractivity contribution in [3.63, 3.8) is 0 Å². The minimum absolute atomic E-state index is 0.112. The Balaban J connectivity index is 1.70. The molecule has 1 aromatic heterocycles. The van der Waals surface area contributed by atoms with Crippen LogP contribution in [0.5, 0.6) is 0 Å². The lowest BCUT2D eigenvalue weighted by Crippen LogP contribution is -2.33. The van der Waals surface area contributed by atoms with Gasteiger partial charge in [0.2, 0.25) is 11.2 Å². The Bertz CT molecular complexity index is 607. The summed E-state index contributed by atoms with van der Waals surface area (Å²) in [5.41, 5.74) is 2.15. The van der Waals surface area contributed by atoms with E-state index in [9.17, 15) is 4.79 Å². The van der Waals surface area contributed by atoms with Crippen molar-refractivity contribution in [3.05, 3.63) is 47.4 Å². The molecule has 0 aliphatic carbocycles. The molecule has 2 heterocycles. The van der Waals surface area contributed by atoms with Crippen LogP contribution in [0.25, 0.3) is 0 Å². The molecule has 1 atom stereocenters. The van der Waals surface area contributed by atoms with Crippen LogP contribution in [0.1, 0.15) is 5.56 Å². The van der Waals surface area contributed by atoms with E-state index in [2.05, 4.69) is 20.6 Å². The first-order chi connectivity index (χ1) is 9.22. The molecule has 6 heteroatoms. The standard InChI is InChI=1S/C13H11ClN4O/c14-13-15-6-5-11(18-13)17-12(19)10-7-8-3-1-2-4-9(8)16-10/h1-6,10,16H,7H2,(H,15,17,18,19). The van der Waals surface area contributed by atoms with E-state index < -0.39 is 0 Å². The highest BCUT2D eigenvalue weighted by Crippen LogP contribution is 2.25. The molecule has 1 amide bonds. The summed E-state index contributed by atoms with van der Waals surface area (Å²) in [6.07, 6.45) is 2.17. The molecule has 0 spiro atoms. The number of rotatable bonds is 2. The third kappa shape index (κ3) is 2.51. The number of hydrogen-bond acceptors (Lipinski definition) is 4. The fourth-order valence-electron chi connectivity index (χ4n) is 2.07. The molecule has 1 aromatic carbocycles. The quantitative estimate of drug-likeness (QED) is 0.823. The van der Waals surface area contributed by atoms with Gasteiger partial charge in [-0.2, -0.15) is 0 Å². The maximum Gasteiger partial charge on any atom is 0.248 e. The number of nitrogens with one attached hydrogen (secondary N) is 2. The number of fused-ring (bicyclic) bond motifs is 1. The van der Waals surface area contributed by atoms with Crippen LogP contribution in [0.15, 0.2) is 36.5 Å². The van der Waals surface area contributed by atoms with Crippen LogP contribution in [-0.4, -0.2) is 21.9 Å². The van der Waals surface area contributed by atoms with Crippen molar-refractivity contribution in [3.8, 4) is 0 Å². The first-order valence-corrected chi connectivity index (χ1v) is 6.24. The summed E-state index contributed by atoms with van der Waals surface area (Å²) in [7, 11) is 0. The minimum Gasteiger partial charge on any atom is -0.373 e. The monoisotopic (exact) mass is 274 g/mol. The van der Waals surface area contributed by atoms with Gasteiger partial charge in [-0.3, -0.25) is 4.79 Å². The molecule has 1 aliphatic heterocycles. The summed E-state index contributed by atoms with van der Waals surface area (Å²) in [4.78, 5) is 19.8. The molecule has 2 N–H and O–H groups in total. The molecule has 0 bridgehead atoms. The van der Waals surface area contributed by atoms with Crippen LogP contribution < -0.4 is 10.6 Å². The molecule has 3 rings (SSSR count). The second-order valence-electron chi connectivity index (χ2n) is 4.26. The number of para-hydroxylation sites is 1. The fourth-order valence-corrected chi connectivity index (χ4v) is 2.22. The number of carbonyl (C=O) groups is 1. The number of nitrogens with zero attached hydrogens (tertiary/aromatic N) is 2. The number of halogens is 1. The molecule has 0 fully saturated rings. The normalized spacial score (nSPS) is 16.6. The van der Waals surface area contributed by atoms with Crippen molar-refractivity contribution in [1.29, 1.82) is 0 Å². The van der Waals surface area contributed by atoms with E-state index in [4.69, 9.17) is 11.6 Å². The predicted molar refractivity (Wildman–Crippen MR) is 73.2 cm³/mol. The van der Waals surface area contributed by atoms with Crippen LogP contribution in [-0.2, 0) is 11.2 Å². The van der Waals surface area contributed by atoms with Gasteiger partial charge in [-0.1, -0.05) is 18.2 Å². The number of amides is 1. The van der Waals surface area contributed by atoms with Gasteiger partial charge in [0.05, 0.1) is 0 Å². The van der Waals surface area contributed by atoms with E-state index in [-0.39, 0.29) is 17.2 Å². The third-order valence-corrected chi connectivity index (χ3v) is 3.15. The van der Waals surface area contributed by atoms with Crippen LogP contribution in [0.2, 0.25) is 5.28 Å². The van der Waals surface area contributed by atoms with Gasteiger partial charge in [0, 0.05) is 18.3 Å². The Labute approximate surface area is 115 Å². The molecular weight excluding hydrogens is 264 g/mol. The molecule has 96 valence electrons.